The highest BCUT2D eigenvalue weighted by Gasteiger charge is 2.26. The minimum absolute atomic E-state index is 0.0286. The van der Waals surface area contributed by atoms with Gasteiger partial charge in [0, 0.05) is 50.4 Å². The SMILES string of the molecule is NC(=O)N1CCC(C(=O)NCc2cccnc2N2CCOCC2)CC1. The normalized spacial score (nSPS) is 18.9. The minimum atomic E-state index is -0.413. The lowest BCUT2D eigenvalue weighted by atomic mass is 9.96. The van der Waals surface area contributed by atoms with Crippen LogP contribution in [0.25, 0.3) is 0 Å². The van der Waals surface area contributed by atoms with Crippen LogP contribution in [0.15, 0.2) is 18.3 Å². The van der Waals surface area contributed by atoms with E-state index in [0.29, 0.717) is 45.7 Å². The van der Waals surface area contributed by atoms with Gasteiger partial charge in [-0.2, -0.15) is 0 Å². The first-order valence-electron chi connectivity index (χ1n) is 8.74. The fraction of sp³-hybridized carbons (Fsp3) is 0.588. The van der Waals surface area contributed by atoms with Gasteiger partial charge in [0.15, 0.2) is 0 Å². The van der Waals surface area contributed by atoms with Gasteiger partial charge in [0.05, 0.1) is 13.2 Å². The molecule has 2 fully saturated rings. The van der Waals surface area contributed by atoms with Crippen LogP contribution in [0.1, 0.15) is 18.4 Å². The summed E-state index contributed by atoms with van der Waals surface area (Å²) in [7, 11) is 0. The van der Waals surface area contributed by atoms with E-state index in [9.17, 15) is 9.59 Å². The molecule has 0 atom stereocenters. The molecule has 8 heteroatoms. The van der Waals surface area contributed by atoms with Gasteiger partial charge in [0.2, 0.25) is 5.91 Å². The lowest BCUT2D eigenvalue weighted by Crippen LogP contribution is -2.45. The lowest BCUT2D eigenvalue weighted by molar-refractivity contribution is -0.126. The van der Waals surface area contributed by atoms with E-state index in [1.165, 1.54) is 0 Å². The van der Waals surface area contributed by atoms with Crippen molar-refractivity contribution in [3.05, 3.63) is 23.9 Å². The number of nitrogens with one attached hydrogen (secondary N) is 1. The molecule has 3 rings (SSSR count). The van der Waals surface area contributed by atoms with Crippen LogP contribution in [-0.2, 0) is 16.1 Å². The first-order chi connectivity index (χ1) is 12.1. The summed E-state index contributed by atoms with van der Waals surface area (Å²) in [5, 5.41) is 3.02. The summed E-state index contributed by atoms with van der Waals surface area (Å²) in [5.74, 6) is 0.870. The number of amides is 3. The van der Waals surface area contributed by atoms with Crippen molar-refractivity contribution in [3.63, 3.8) is 0 Å². The summed E-state index contributed by atoms with van der Waals surface area (Å²) >= 11 is 0. The van der Waals surface area contributed by atoms with Gasteiger partial charge in [-0.15, -0.1) is 0 Å². The second kappa shape index (κ2) is 8.15. The average molecular weight is 347 g/mol. The second-order valence-corrected chi connectivity index (χ2v) is 6.40. The van der Waals surface area contributed by atoms with Crippen LogP contribution >= 0.6 is 0 Å². The van der Waals surface area contributed by atoms with Crippen LogP contribution in [0.2, 0.25) is 0 Å². The summed E-state index contributed by atoms with van der Waals surface area (Å²) < 4.78 is 5.39. The summed E-state index contributed by atoms with van der Waals surface area (Å²) in [6, 6.07) is 3.47. The van der Waals surface area contributed by atoms with Gasteiger partial charge in [-0.25, -0.2) is 9.78 Å². The number of hydrogen-bond donors (Lipinski definition) is 2. The smallest absolute Gasteiger partial charge is 0.314 e. The van der Waals surface area contributed by atoms with Crippen LogP contribution in [0, 0.1) is 5.92 Å². The number of nitrogens with zero attached hydrogens (tertiary/aromatic N) is 3. The van der Waals surface area contributed by atoms with Crippen molar-refractivity contribution in [1.29, 1.82) is 0 Å². The predicted octanol–water partition coefficient (Wildman–Crippen LogP) is 0.325. The third kappa shape index (κ3) is 4.39. The maximum atomic E-state index is 12.4. The largest absolute Gasteiger partial charge is 0.378 e. The van der Waals surface area contributed by atoms with Gasteiger partial charge in [-0.05, 0) is 18.9 Å². The number of urea groups is 1. The minimum Gasteiger partial charge on any atom is -0.378 e. The van der Waals surface area contributed by atoms with Crippen LogP contribution in [-0.4, -0.2) is 61.2 Å². The maximum absolute atomic E-state index is 12.4. The maximum Gasteiger partial charge on any atom is 0.314 e. The molecule has 1 aromatic heterocycles. The number of aromatic nitrogens is 1. The number of carbonyl (C=O) groups excluding carboxylic acids is 2. The van der Waals surface area contributed by atoms with Crippen molar-refractivity contribution in [1.82, 2.24) is 15.2 Å². The number of primary amides is 1. The molecule has 2 aliphatic rings. The second-order valence-electron chi connectivity index (χ2n) is 6.40. The summed E-state index contributed by atoms with van der Waals surface area (Å²) in [5.41, 5.74) is 6.28. The highest BCUT2D eigenvalue weighted by atomic mass is 16.5. The van der Waals surface area contributed by atoms with Gasteiger partial charge in [0.1, 0.15) is 5.82 Å². The molecule has 0 saturated carbocycles. The fourth-order valence-corrected chi connectivity index (χ4v) is 3.32. The van der Waals surface area contributed by atoms with Crippen LogP contribution in [0.4, 0.5) is 10.6 Å². The number of ether oxygens (including phenoxy) is 1. The standard InChI is InChI=1S/C17H25N5O3/c18-17(24)22-6-3-13(4-7-22)16(23)20-12-14-2-1-5-19-15(14)21-8-10-25-11-9-21/h1-2,5,13H,3-4,6-12H2,(H2,18,24)(H,20,23). The molecule has 0 spiro atoms. The van der Waals surface area contributed by atoms with Crippen molar-refractivity contribution in [2.45, 2.75) is 19.4 Å². The van der Waals surface area contributed by atoms with Gasteiger partial charge < -0.3 is 25.6 Å². The molecule has 3 N–H and O–H groups in total. The monoisotopic (exact) mass is 347 g/mol. The molecule has 0 aromatic carbocycles. The number of nitrogens with two attached hydrogens (primary N) is 1. The highest BCUT2D eigenvalue weighted by Crippen LogP contribution is 2.20. The van der Waals surface area contributed by atoms with E-state index in [-0.39, 0.29) is 11.8 Å². The van der Waals surface area contributed by atoms with E-state index in [2.05, 4.69) is 15.2 Å². The molecule has 3 heterocycles. The zero-order valence-electron chi connectivity index (χ0n) is 14.3. The topological polar surface area (TPSA) is 101 Å². The van der Waals surface area contributed by atoms with Crippen LogP contribution < -0.4 is 16.0 Å². The van der Waals surface area contributed by atoms with Crippen molar-refractivity contribution in [3.8, 4) is 0 Å². The molecule has 0 aliphatic carbocycles. The van der Waals surface area contributed by atoms with Crippen molar-refractivity contribution in [2.75, 3.05) is 44.3 Å². The number of likely N-dealkylation sites (tertiary alicyclic amines) is 1. The van der Waals surface area contributed by atoms with E-state index in [1.807, 2.05) is 12.1 Å². The highest BCUT2D eigenvalue weighted by molar-refractivity contribution is 5.79. The first kappa shape index (κ1) is 17.5. The van der Waals surface area contributed by atoms with E-state index in [0.717, 1.165) is 24.5 Å². The van der Waals surface area contributed by atoms with E-state index in [4.69, 9.17) is 10.5 Å². The van der Waals surface area contributed by atoms with Gasteiger partial charge >= 0.3 is 6.03 Å². The van der Waals surface area contributed by atoms with Crippen LogP contribution in [0.5, 0.6) is 0 Å². The lowest BCUT2D eigenvalue weighted by Gasteiger charge is -2.31. The number of pyridine rings is 1. The molecule has 1 aromatic rings. The third-order valence-corrected chi connectivity index (χ3v) is 4.81. The van der Waals surface area contributed by atoms with E-state index < -0.39 is 6.03 Å². The third-order valence-electron chi connectivity index (χ3n) is 4.81. The Morgan fingerprint density at radius 3 is 2.64 bits per heavy atom. The number of carbonyl (C=O) groups is 2. The Hall–Kier alpha value is -2.35. The Labute approximate surface area is 147 Å². The van der Waals surface area contributed by atoms with E-state index in [1.54, 1.807) is 11.1 Å². The summed E-state index contributed by atoms with van der Waals surface area (Å²) in [4.78, 5) is 31.9. The zero-order valence-corrected chi connectivity index (χ0v) is 14.3. The number of morpholine rings is 1. The average Bonchev–Trinajstić information content (AvgIpc) is 2.67. The number of piperidine rings is 1. The molecule has 3 amide bonds. The summed E-state index contributed by atoms with van der Waals surface area (Å²) in [6.45, 7) is 4.54. The van der Waals surface area contributed by atoms with Gasteiger partial charge in [-0.1, -0.05) is 6.07 Å². The molecular weight excluding hydrogens is 322 g/mol. The van der Waals surface area contributed by atoms with Crippen molar-refractivity contribution in [2.24, 2.45) is 11.7 Å². The number of hydrogen-bond acceptors (Lipinski definition) is 5. The van der Waals surface area contributed by atoms with Crippen molar-refractivity contribution >= 4 is 17.8 Å². The quantitative estimate of drug-likeness (QED) is 0.817. The predicted molar refractivity (Wildman–Crippen MR) is 93.0 cm³/mol. The Morgan fingerprint density at radius 2 is 1.96 bits per heavy atom. The van der Waals surface area contributed by atoms with Crippen LogP contribution in [0.3, 0.4) is 0 Å². The van der Waals surface area contributed by atoms with Gasteiger partial charge in [-0.3, -0.25) is 4.79 Å². The molecule has 0 bridgehead atoms. The Kier molecular flexibility index (Phi) is 5.70. The molecular formula is C17H25N5O3. The number of rotatable bonds is 4. The molecule has 0 unspecified atom stereocenters. The molecule has 2 aliphatic heterocycles. The summed E-state index contributed by atoms with van der Waals surface area (Å²) in [6.07, 6.45) is 3.08. The molecule has 136 valence electrons. The Balaban J connectivity index is 1.55. The molecule has 8 nitrogen and oxygen atoms in total. The van der Waals surface area contributed by atoms with Crippen molar-refractivity contribution < 1.29 is 14.3 Å². The molecule has 2 saturated heterocycles. The Bertz CT molecular complexity index is 610. The van der Waals surface area contributed by atoms with E-state index >= 15 is 0 Å². The molecule has 0 radical (unpaired) electrons. The molecule has 25 heavy (non-hydrogen) atoms. The fourth-order valence-electron chi connectivity index (χ4n) is 3.32. The number of anilines is 1. The Morgan fingerprint density at radius 1 is 1.24 bits per heavy atom. The van der Waals surface area contributed by atoms with Gasteiger partial charge in [0.25, 0.3) is 0 Å². The first-order valence-corrected chi connectivity index (χ1v) is 8.74. The zero-order chi connectivity index (χ0) is 17.6.